The van der Waals surface area contributed by atoms with Gasteiger partial charge in [-0.05, 0) is 37.1 Å². The molecule has 4 heteroatoms. The first kappa shape index (κ1) is 14.2. The van der Waals surface area contributed by atoms with Gasteiger partial charge in [0.25, 0.3) is 5.91 Å². The lowest BCUT2D eigenvalue weighted by Crippen LogP contribution is -2.31. The highest BCUT2D eigenvalue weighted by Crippen LogP contribution is 2.12. The lowest BCUT2D eigenvalue weighted by molar-refractivity contribution is -0.123. The number of rotatable bonds is 6. The third-order valence-electron chi connectivity index (χ3n) is 2.34. The molecule has 0 spiro atoms. The number of ether oxygens (including phenoxy) is 1. The van der Waals surface area contributed by atoms with Crippen molar-refractivity contribution in [1.82, 2.24) is 5.32 Å². The molecule has 0 fully saturated rings. The van der Waals surface area contributed by atoms with Crippen molar-refractivity contribution in [3.8, 4) is 5.75 Å². The van der Waals surface area contributed by atoms with Gasteiger partial charge >= 0.3 is 0 Å². The number of hydrogen-bond acceptors (Lipinski definition) is 3. The van der Waals surface area contributed by atoms with Gasteiger partial charge in [-0.1, -0.05) is 13.8 Å². The normalized spacial score (nSPS) is 10.2. The Morgan fingerprint density at radius 3 is 2.33 bits per heavy atom. The van der Waals surface area contributed by atoms with E-state index in [1.54, 1.807) is 24.3 Å². The van der Waals surface area contributed by atoms with Gasteiger partial charge in [0.05, 0.1) is 0 Å². The molecule has 0 bridgehead atoms. The second-order valence-corrected chi connectivity index (χ2v) is 4.57. The molecule has 0 aliphatic rings. The minimum atomic E-state index is -0.139. The van der Waals surface area contributed by atoms with E-state index in [0.717, 1.165) is 0 Å². The Balaban J connectivity index is 2.39. The summed E-state index contributed by atoms with van der Waals surface area (Å²) < 4.78 is 5.31. The Bertz CT molecular complexity index is 410. The van der Waals surface area contributed by atoms with E-state index in [4.69, 9.17) is 4.74 Å². The highest BCUT2D eigenvalue weighted by Gasteiger charge is 2.04. The van der Waals surface area contributed by atoms with Crippen molar-refractivity contribution in [2.75, 3.05) is 13.2 Å². The minimum absolute atomic E-state index is 0.00780. The fourth-order valence-electron chi connectivity index (χ4n) is 1.30. The van der Waals surface area contributed by atoms with E-state index in [9.17, 15) is 9.59 Å². The predicted molar refractivity (Wildman–Crippen MR) is 69.8 cm³/mol. The molecule has 1 aromatic carbocycles. The van der Waals surface area contributed by atoms with Crippen molar-refractivity contribution in [3.63, 3.8) is 0 Å². The molecule has 1 aromatic rings. The number of benzene rings is 1. The molecule has 0 aliphatic heterocycles. The lowest BCUT2D eigenvalue weighted by atomic mass is 10.1. The summed E-state index contributed by atoms with van der Waals surface area (Å²) in [6, 6.07) is 6.74. The van der Waals surface area contributed by atoms with Crippen molar-refractivity contribution < 1.29 is 14.3 Å². The highest BCUT2D eigenvalue weighted by molar-refractivity contribution is 5.94. The molecular formula is C14H19NO3. The van der Waals surface area contributed by atoms with Gasteiger partial charge in [0.15, 0.2) is 12.4 Å². The summed E-state index contributed by atoms with van der Waals surface area (Å²) >= 11 is 0. The Kier molecular flexibility index (Phi) is 5.36. The third kappa shape index (κ3) is 4.99. The zero-order valence-electron chi connectivity index (χ0n) is 11.0. The molecule has 4 nitrogen and oxygen atoms in total. The molecule has 1 N–H and O–H groups in total. The second-order valence-electron chi connectivity index (χ2n) is 4.57. The van der Waals surface area contributed by atoms with E-state index in [2.05, 4.69) is 5.32 Å². The first-order chi connectivity index (χ1) is 8.49. The summed E-state index contributed by atoms with van der Waals surface area (Å²) in [5.41, 5.74) is 0.631. The number of carbonyl (C=O) groups is 2. The van der Waals surface area contributed by atoms with Gasteiger partial charge in [-0.2, -0.15) is 0 Å². The number of hydrogen-bond donors (Lipinski definition) is 1. The monoisotopic (exact) mass is 249 g/mol. The number of amides is 1. The van der Waals surface area contributed by atoms with Crippen LogP contribution in [0.1, 0.15) is 31.1 Å². The number of Topliss-reactive ketones (excluding diaryl/α,β-unsaturated/α-hetero) is 1. The van der Waals surface area contributed by atoms with Crippen LogP contribution in [-0.2, 0) is 4.79 Å². The molecule has 0 atom stereocenters. The molecule has 0 aliphatic carbocycles. The third-order valence-corrected chi connectivity index (χ3v) is 2.34. The van der Waals surface area contributed by atoms with E-state index in [1.807, 2.05) is 13.8 Å². The van der Waals surface area contributed by atoms with Gasteiger partial charge < -0.3 is 10.1 Å². The summed E-state index contributed by atoms with van der Waals surface area (Å²) in [5, 5.41) is 2.76. The summed E-state index contributed by atoms with van der Waals surface area (Å²) in [7, 11) is 0. The van der Waals surface area contributed by atoms with Gasteiger partial charge in [-0.25, -0.2) is 0 Å². The van der Waals surface area contributed by atoms with Crippen LogP contribution in [0.5, 0.6) is 5.75 Å². The maximum Gasteiger partial charge on any atom is 0.257 e. The van der Waals surface area contributed by atoms with Crippen LogP contribution in [-0.4, -0.2) is 24.8 Å². The second kappa shape index (κ2) is 6.79. The lowest BCUT2D eigenvalue weighted by Gasteiger charge is -2.09. The van der Waals surface area contributed by atoms with Gasteiger partial charge in [0.2, 0.25) is 0 Å². The number of nitrogens with one attached hydrogen (secondary N) is 1. The van der Waals surface area contributed by atoms with Crippen LogP contribution < -0.4 is 10.1 Å². The SMILES string of the molecule is CC(=O)c1ccc(OCC(=O)NCC(C)C)cc1. The molecule has 1 rings (SSSR count). The predicted octanol–water partition coefficient (Wildman–Crippen LogP) is 2.04. The van der Waals surface area contributed by atoms with E-state index in [0.29, 0.717) is 23.8 Å². The van der Waals surface area contributed by atoms with Crippen LogP contribution in [0.2, 0.25) is 0 Å². The van der Waals surface area contributed by atoms with Crippen LogP contribution in [0.3, 0.4) is 0 Å². The van der Waals surface area contributed by atoms with Crippen molar-refractivity contribution in [1.29, 1.82) is 0 Å². The average Bonchev–Trinajstić information content (AvgIpc) is 2.34. The van der Waals surface area contributed by atoms with Gasteiger partial charge in [-0.15, -0.1) is 0 Å². The van der Waals surface area contributed by atoms with E-state index in [-0.39, 0.29) is 18.3 Å². The number of carbonyl (C=O) groups excluding carboxylic acids is 2. The Hall–Kier alpha value is -1.84. The zero-order chi connectivity index (χ0) is 13.5. The van der Waals surface area contributed by atoms with Gasteiger partial charge in [0.1, 0.15) is 5.75 Å². The minimum Gasteiger partial charge on any atom is -0.484 e. The van der Waals surface area contributed by atoms with Crippen LogP contribution in [0, 0.1) is 5.92 Å². The Labute approximate surface area is 107 Å². The summed E-state index contributed by atoms with van der Waals surface area (Å²) in [6.45, 7) is 6.20. The molecular weight excluding hydrogens is 230 g/mol. The van der Waals surface area contributed by atoms with Crippen molar-refractivity contribution in [3.05, 3.63) is 29.8 Å². The number of ketones is 1. The molecule has 98 valence electrons. The molecule has 0 saturated heterocycles. The largest absolute Gasteiger partial charge is 0.484 e. The maximum absolute atomic E-state index is 11.4. The fourth-order valence-corrected chi connectivity index (χ4v) is 1.30. The molecule has 0 unspecified atom stereocenters. The molecule has 0 radical (unpaired) electrons. The van der Waals surface area contributed by atoms with Crippen LogP contribution in [0.15, 0.2) is 24.3 Å². The fraction of sp³-hybridized carbons (Fsp3) is 0.429. The smallest absolute Gasteiger partial charge is 0.257 e. The molecule has 1 amide bonds. The first-order valence-electron chi connectivity index (χ1n) is 5.99. The van der Waals surface area contributed by atoms with Gasteiger partial charge in [0, 0.05) is 12.1 Å². The highest BCUT2D eigenvalue weighted by atomic mass is 16.5. The first-order valence-corrected chi connectivity index (χ1v) is 5.99. The standard InChI is InChI=1S/C14H19NO3/c1-10(2)8-15-14(17)9-18-13-6-4-12(5-7-13)11(3)16/h4-7,10H,8-9H2,1-3H3,(H,15,17). The maximum atomic E-state index is 11.4. The summed E-state index contributed by atoms with van der Waals surface area (Å²) in [5.74, 6) is 0.874. The van der Waals surface area contributed by atoms with E-state index in [1.165, 1.54) is 6.92 Å². The van der Waals surface area contributed by atoms with Crippen molar-refractivity contribution >= 4 is 11.7 Å². The van der Waals surface area contributed by atoms with Crippen LogP contribution in [0.25, 0.3) is 0 Å². The molecule has 18 heavy (non-hydrogen) atoms. The van der Waals surface area contributed by atoms with E-state index >= 15 is 0 Å². The Morgan fingerprint density at radius 2 is 1.83 bits per heavy atom. The van der Waals surface area contributed by atoms with Crippen molar-refractivity contribution in [2.45, 2.75) is 20.8 Å². The van der Waals surface area contributed by atoms with Crippen LogP contribution in [0.4, 0.5) is 0 Å². The topological polar surface area (TPSA) is 55.4 Å². The van der Waals surface area contributed by atoms with E-state index < -0.39 is 0 Å². The summed E-state index contributed by atoms with van der Waals surface area (Å²) in [4.78, 5) is 22.5. The molecule has 0 heterocycles. The molecule has 0 aromatic heterocycles. The average molecular weight is 249 g/mol. The quantitative estimate of drug-likeness (QED) is 0.785. The van der Waals surface area contributed by atoms with Crippen molar-refractivity contribution in [2.24, 2.45) is 5.92 Å². The van der Waals surface area contributed by atoms with Crippen LogP contribution >= 0.6 is 0 Å². The van der Waals surface area contributed by atoms with Gasteiger partial charge in [-0.3, -0.25) is 9.59 Å². The Morgan fingerprint density at radius 1 is 1.22 bits per heavy atom. The molecule has 0 saturated carbocycles. The summed E-state index contributed by atoms with van der Waals surface area (Å²) in [6.07, 6.45) is 0. The zero-order valence-corrected chi connectivity index (χ0v) is 11.0.